The molecule has 0 spiro atoms. The van der Waals surface area contributed by atoms with Gasteiger partial charge >= 0.3 is 5.97 Å². The Morgan fingerprint density at radius 1 is 1.14 bits per heavy atom. The predicted octanol–water partition coefficient (Wildman–Crippen LogP) is 3.85. The molecule has 0 fully saturated rings. The van der Waals surface area contributed by atoms with Crippen molar-refractivity contribution < 1.29 is 19.1 Å². The van der Waals surface area contributed by atoms with Crippen LogP contribution < -0.4 is 5.32 Å². The predicted molar refractivity (Wildman–Crippen MR) is 80.2 cm³/mol. The van der Waals surface area contributed by atoms with Gasteiger partial charge in [-0.1, -0.05) is 22.0 Å². The number of hydrogen-bond donors (Lipinski definition) is 2. The lowest BCUT2D eigenvalue weighted by molar-refractivity contribution is 0.0695. The van der Waals surface area contributed by atoms with Crippen LogP contribution in [0.4, 0.5) is 10.1 Å². The minimum Gasteiger partial charge on any atom is -0.478 e. The molecule has 1 amide bonds. The van der Waals surface area contributed by atoms with E-state index in [1.807, 2.05) is 0 Å². The van der Waals surface area contributed by atoms with Crippen molar-refractivity contribution in [1.29, 1.82) is 0 Å². The maximum atomic E-state index is 13.6. The lowest BCUT2D eigenvalue weighted by atomic mass is 10.1. The molecule has 0 bridgehead atoms. The van der Waals surface area contributed by atoms with Crippen molar-refractivity contribution in [2.24, 2.45) is 0 Å². The molecule has 0 heterocycles. The standard InChI is InChI=1S/C15H11BrFNO3/c1-8-2-4-10(7-11(8)15(20)21)18-14(19)12-6-9(16)3-5-13(12)17/h2-7H,1H3,(H,18,19)(H,20,21). The second-order valence-electron chi connectivity index (χ2n) is 4.41. The van der Waals surface area contributed by atoms with Crippen molar-refractivity contribution in [2.45, 2.75) is 6.92 Å². The van der Waals surface area contributed by atoms with Crippen LogP contribution in [0.5, 0.6) is 0 Å². The van der Waals surface area contributed by atoms with E-state index in [0.29, 0.717) is 15.7 Å². The SMILES string of the molecule is Cc1ccc(NC(=O)c2cc(Br)ccc2F)cc1C(=O)O. The lowest BCUT2D eigenvalue weighted by Crippen LogP contribution is -2.14. The van der Waals surface area contributed by atoms with E-state index >= 15 is 0 Å². The molecule has 0 saturated carbocycles. The van der Waals surface area contributed by atoms with Gasteiger partial charge in [0, 0.05) is 10.2 Å². The van der Waals surface area contributed by atoms with Gasteiger partial charge < -0.3 is 10.4 Å². The van der Waals surface area contributed by atoms with Gasteiger partial charge in [0.25, 0.3) is 5.91 Å². The van der Waals surface area contributed by atoms with Crippen molar-refractivity contribution in [3.8, 4) is 0 Å². The molecule has 21 heavy (non-hydrogen) atoms. The number of hydrogen-bond acceptors (Lipinski definition) is 2. The average Bonchev–Trinajstić information content (AvgIpc) is 2.43. The van der Waals surface area contributed by atoms with Crippen molar-refractivity contribution in [2.75, 3.05) is 5.32 Å². The fraction of sp³-hybridized carbons (Fsp3) is 0.0667. The number of nitrogens with one attached hydrogen (secondary N) is 1. The molecule has 0 aromatic heterocycles. The Labute approximate surface area is 128 Å². The molecular formula is C15H11BrFNO3. The molecular weight excluding hydrogens is 341 g/mol. The molecule has 2 aromatic rings. The van der Waals surface area contributed by atoms with E-state index in [1.165, 1.54) is 24.3 Å². The summed E-state index contributed by atoms with van der Waals surface area (Å²) in [5.41, 5.74) is 0.834. The fourth-order valence-electron chi connectivity index (χ4n) is 1.80. The summed E-state index contributed by atoms with van der Waals surface area (Å²) < 4.78 is 14.2. The maximum Gasteiger partial charge on any atom is 0.336 e. The first kappa shape index (κ1) is 15.2. The summed E-state index contributed by atoms with van der Waals surface area (Å²) in [7, 11) is 0. The molecule has 0 aliphatic heterocycles. The van der Waals surface area contributed by atoms with E-state index in [9.17, 15) is 14.0 Å². The number of halogens is 2. The number of carbonyl (C=O) groups excluding carboxylic acids is 1. The Morgan fingerprint density at radius 3 is 2.52 bits per heavy atom. The van der Waals surface area contributed by atoms with Gasteiger partial charge in [-0.05, 0) is 42.8 Å². The molecule has 0 radical (unpaired) electrons. The number of carboxylic acid groups (broad SMARTS) is 1. The van der Waals surface area contributed by atoms with Crippen molar-refractivity contribution in [3.05, 3.63) is 63.4 Å². The van der Waals surface area contributed by atoms with Gasteiger partial charge in [0.15, 0.2) is 0 Å². The molecule has 6 heteroatoms. The highest BCUT2D eigenvalue weighted by Crippen LogP contribution is 2.19. The largest absolute Gasteiger partial charge is 0.478 e. The summed E-state index contributed by atoms with van der Waals surface area (Å²) in [5, 5.41) is 11.5. The topological polar surface area (TPSA) is 66.4 Å². The first-order chi connectivity index (χ1) is 9.88. The smallest absolute Gasteiger partial charge is 0.336 e. The highest BCUT2D eigenvalue weighted by Gasteiger charge is 2.14. The van der Waals surface area contributed by atoms with Crippen LogP contribution in [-0.2, 0) is 0 Å². The zero-order valence-electron chi connectivity index (χ0n) is 11.0. The summed E-state index contributed by atoms with van der Waals surface area (Å²) in [6, 6.07) is 8.51. The zero-order valence-corrected chi connectivity index (χ0v) is 12.6. The summed E-state index contributed by atoms with van der Waals surface area (Å²) in [6.45, 7) is 1.66. The normalized spacial score (nSPS) is 10.2. The fourth-order valence-corrected chi connectivity index (χ4v) is 2.16. The summed E-state index contributed by atoms with van der Waals surface area (Å²) in [5.74, 6) is -2.38. The monoisotopic (exact) mass is 351 g/mol. The Kier molecular flexibility index (Phi) is 4.37. The zero-order chi connectivity index (χ0) is 15.6. The molecule has 0 unspecified atom stereocenters. The average molecular weight is 352 g/mol. The van der Waals surface area contributed by atoms with E-state index in [-0.39, 0.29) is 11.1 Å². The number of benzene rings is 2. The molecule has 2 N–H and O–H groups in total. The van der Waals surface area contributed by atoms with Crippen LogP contribution in [0.2, 0.25) is 0 Å². The van der Waals surface area contributed by atoms with Crippen molar-refractivity contribution >= 4 is 33.5 Å². The van der Waals surface area contributed by atoms with Gasteiger partial charge in [0.2, 0.25) is 0 Å². The summed E-state index contributed by atoms with van der Waals surface area (Å²) >= 11 is 3.17. The third-order valence-electron chi connectivity index (χ3n) is 2.90. The van der Waals surface area contributed by atoms with Crippen LogP contribution in [-0.4, -0.2) is 17.0 Å². The van der Waals surface area contributed by atoms with Crippen LogP contribution >= 0.6 is 15.9 Å². The number of carboxylic acids is 1. The molecule has 2 aromatic carbocycles. The Bertz CT molecular complexity index is 731. The highest BCUT2D eigenvalue weighted by molar-refractivity contribution is 9.10. The van der Waals surface area contributed by atoms with E-state index in [0.717, 1.165) is 0 Å². The number of amides is 1. The molecule has 0 atom stereocenters. The van der Waals surface area contributed by atoms with Crippen LogP contribution in [0.1, 0.15) is 26.3 Å². The maximum absolute atomic E-state index is 13.6. The number of aryl methyl sites for hydroxylation is 1. The number of aromatic carboxylic acids is 1. The molecule has 4 nitrogen and oxygen atoms in total. The minimum absolute atomic E-state index is 0.0857. The third kappa shape index (κ3) is 3.46. The van der Waals surface area contributed by atoms with Crippen molar-refractivity contribution in [3.63, 3.8) is 0 Å². The first-order valence-electron chi connectivity index (χ1n) is 5.99. The highest BCUT2D eigenvalue weighted by atomic mass is 79.9. The van der Waals surface area contributed by atoms with E-state index in [4.69, 9.17) is 5.11 Å². The Hall–Kier alpha value is -2.21. The van der Waals surface area contributed by atoms with Gasteiger partial charge in [-0.2, -0.15) is 0 Å². The van der Waals surface area contributed by atoms with Crippen molar-refractivity contribution in [1.82, 2.24) is 0 Å². The van der Waals surface area contributed by atoms with Gasteiger partial charge in [-0.15, -0.1) is 0 Å². The molecule has 0 aliphatic rings. The van der Waals surface area contributed by atoms with E-state index < -0.39 is 17.7 Å². The van der Waals surface area contributed by atoms with Crippen LogP contribution in [0.15, 0.2) is 40.9 Å². The molecule has 2 rings (SSSR count). The molecule has 108 valence electrons. The van der Waals surface area contributed by atoms with Gasteiger partial charge in [-0.25, -0.2) is 9.18 Å². The number of rotatable bonds is 3. The second kappa shape index (κ2) is 6.05. The Morgan fingerprint density at radius 2 is 1.86 bits per heavy atom. The Balaban J connectivity index is 2.29. The summed E-state index contributed by atoms with van der Waals surface area (Å²) in [6.07, 6.45) is 0. The summed E-state index contributed by atoms with van der Waals surface area (Å²) in [4.78, 5) is 23.1. The lowest BCUT2D eigenvalue weighted by Gasteiger charge is -2.09. The van der Waals surface area contributed by atoms with Gasteiger partial charge in [0.1, 0.15) is 5.82 Å². The number of carbonyl (C=O) groups is 2. The molecule has 0 aliphatic carbocycles. The first-order valence-corrected chi connectivity index (χ1v) is 6.78. The number of anilines is 1. The minimum atomic E-state index is -1.09. The van der Waals surface area contributed by atoms with Gasteiger partial charge in [-0.3, -0.25) is 4.79 Å². The van der Waals surface area contributed by atoms with Crippen LogP contribution in [0.25, 0.3) is 0 Å². The van der Waals surface area contributed by atoms with Crippen LogP contribution in [0.3, 0.4) is 0 Å². The van der Waals surface area contributed by atoms with Gasteiger partial charge in [0.05, 0.1) is 11.1 Å². The third-order valence-corrected chi connectivity index (χ3v) is 3.39. The quantitative estimate of drug-likeness (QED) is 0.882. The second-order valence-corrected chi connectivity index (χ2v) is 5.33. The van der Waals surface area contributed by atoms with E-state index in [2.05, 4.69) is 21.2 Å². The van der Waals surface area contributed by atoms with E-state index in [1.54, 1.807) is 19.1 Å². The molecule has 0 saturated heterocycles. The van der Waals surface area contributed by atoms with Crippen LogP contribution in [0, 0.1) is 12.7 Å².